The van der Waals surface area contributed by atoms with Crippen LogP contribution in [0.2, 0.25) is 5.02 Å². The molecule has 0 atom stereocenters. The zero-order chi connectivity index (χ0) is 11.6. The van der Waals surface area contributed by atoms with Crippen LogP contribution in [0.5, 0.6) is 0 Å². The molecule has 1 rings (SSSR count). The third-order valence-corrected chi connectivity index (χ3v) is 1.93. The van der Waals surface area contributed by atoms with Gasteiger partial charge < -0.3 is 5.73 Å². The number of amidine groups is 1. The fourth-order valence-electron chi connectivity index (χ4n) is 0.932. The van der Waals surface area contributed by atoms with Gasteiger partial charge in [-0.05, 0) is 6.07 Å². The number of pyridine rings is 1. The van der Waals surface area contributed by atoms with Crippen LogP contribution < -0.4 is 5.73 Å². The van der Waals surface area contributed by atoms with E-state index in [0.717, 1.165) is 6.07 Å². The lowest BCUT2D eigenvalue weighted by Gasteiger charge is -2.08. The molecule has 0 amide bonds. The average Bonchev–Trinajstić information content (AvgIpc) is 2.05. The Morgan fingerprint density at radius 3 is 2.53 bits per heavy atom. The van der Waals surface area contributed by atoms with Gasteiger partial charge in [-0.15, -0.1) is 0 Å². The first kappa shape index (κ1) is 11.8. The molecule has 15 heavy (non-hydrogen) atoms. The van der Waals surface area contributed by atoms with E-state index in [1.54, 1.807) is 0 Å². The van der Waals surface area contributed by atoms with Crippen LogP contribution in [0.4, 0.5) is 13.2 Å². The van der Waals surface area contributed by atoms with Crippen molar-refractivity contribution in [3.8, 4) is 0 Å². The summed E-state index contributed by atoms with van der Waals surface area (Å²) in [6.45, 7) is 0. The van der Waals surface area contributed by atoms with Crippen molar-refractivity contribution in [3.63, 3.8) is 0 Å². The summed E-state index contributed by atoms with van der Waals surface area (Å²) in [6.07, 6.45) is -3.85. The van der Waals surface area contributed by atoms with Gasteiger partial charge in [-0.25, -0.2) is 0 Å². The molecule has 0 aliphatic carbocycles. The molecule has 0 aliphatic heterocycles. The SMILES string of the molecule is N=C(N)Cc1ncc(C(F)(F)F)cc1Cl. The lowest BCUT2D eigenvalue weighted by molar-refractivity contribution is -0.137. The Morgan fingerprint density at radius 2 is 2.13 bits per heavy atom. The van der Waals surface area contributed by atoms with Crippen LogP contribution >= 0.6 is 11.6 Å². The molecule has 7 heteroatoms. The highest BCUT2D eigenvalue weighted by Gasteiger charge is 2.31. The molecule has 0 saturated carbocycles. The van der Waals surface area contributed by atoms with Crippen molar-refractivity contribution in [1.82, 2.24) is 4.98 Å². The van der Waals surface area contributed by atoms with Crippen LogP contribution in [0.15, 0.2) is 12.3 Å². The van der Waals surface area contributed by atoms with Crippen LogP contribution in [0.1, 0.15) is 11.3 Å². The molecule has 0 fully saturated rings. The van der Waals surface area contributed by atoms with Gasteiger partial charge >= 0.3 is 6.18 Å². The van der Waals surface area contributed by atoms with Gasteiger partial charge in [0.2, 0.25) is 0 Å². The summed E-state index contributed by atoms with van der Waals surface area (Å²) in [5.41, 5.74) is 4.33. The Hall–Kier alpha value is -1.30. The quantitative estimate of drug-likeness (QED) is 0.612. The number of hydrogen-bond acceptors (Lipinski definition) is 2. The zero-order valence-corrected chi connectivity index (χ0v) is 8.15. The van der Waals surface area contributed by atoms with Crippen molar-refractivity contribution in [1.29, 1.82) is 5.41 Å². The van der Waals surface area contributed by atoms with Gasteiger partial charge in [0.05, 0.1) is 22.1 Å². The van der Waals surface area contributed by atoms with E-state index < -0.39 is 11.7 Å². The number of rotatable bonds is 2. The van der Waals surface area contributed by atoms with Crippen LogP contribution in [0.25, 0.3) is 0 Å². The van der Waals surface area contributed by atoms with Crippen LogP contribution in [0.3, 0.4) is 0 Å². The highest BCUT2D eigenvalue weighted by atomic mass is 35.5. The Balaban J connectivity index is 3.03. The monoisotopic (exact) mass is 237 g/mol. The van der Waals surface area contributed by atoms with Gasteiger partial charge in [0.15, 0.2) is 0 Å². The van der Waals surface area contributed by atoms with Gasteiger partial charge in [-0.3, -0.25) is 10.4 Å². The number of halogens is 4. The van der Waals surface area contributed by atoms with E-state index in [0.29, 0.717) is 6.20 Å². The second-order valence-electron chi connectivity index (χ2n) is 2.85. The summed E-state index contributed by atoms with van der Waals surface area (Å²) in [5.74, 6) is -0.204. The predicted octanol–water partition coefficient (Wildman–Crippen LogP) is 2.23. The molecular formula is C8H7ClF3N3. The molecule has 1 heterocycles. The first-order valence-corrected chi connectivity index (χ1v) is 4.23. The van der Waals surface area contributed by atoms with Gasteiger partial charge in [0, 0.05) is 12.6 Å². The van der Waals surface area contributed by atoms with E-state index in [1.807, 2.05) is 0 Å². The minimum Gasteiger partial charge on any atom is -0.387 e. The van der Waals surface area contributed by atoms with E-state index >= 15 is 0 Å². The predicted molar refractivity (Wildman–Crippen MR) is 49.9 cm³/mol. The summed E-state index contributed by atoms with van der Waals surface area (Å²) in [5, 5.41) is 6.82. The van der Waals surface area contributed by atoms with Crippen molar-refractivity contribution in [2.75, 3.05) is 0 Å². The normalized spacial score (nSPS) is 11.5. The van der Waals surface area contributed by atoms with E-state index in [-0.39, 0.29) is 23.0 Å². The smallest absolute Gasteiger partial charge is 0.387 e. The summed E-state index contributed by atoms with van der Waals surface area (Å²) in [6, 6.07) is 0.771. The van der Waals surface area contributed by atoms with Crippen molar-refractivity contribution in [2.24, 2.45) is 5.73 Å². The third-order valence-electron chi connectivity index (χ3n) is 1.60. The van der Waals surface area contributed by atoms with Crippen molar-refractivity contribution in [2.45, 2.75) is 12.6 Å². The maximum absolute atomic E-state index is 12.2. The Kier molecular flexibility index (Phi) is 3.18. The van der Waals surface area contributed by atoms with Crippen LogP contribution in [-0.4, -0.2) is 10.8 Å². The molecule has 1 aromatic heterocycles. The first-order valence-electron chi connectivity index (χ1n) is 3.85. The van der Waals surface area contributed by atoms with Gasteiger partial charge in [0.25, 0.3) is 0 Å². The van der Waals surface area contributed by atoms with Gasteiger partial charge in [0.1, 0.15) is 0 Å². The highest BCUT2D eigenvalue weighted by molar-refractivity contribution is 6.31. The summed E-state index contributed by atoms with van der Waals surface area (Å²) >= 11 is 5.56. The standard InChI is InChI=1S/C8H7ClF3N3/c9-5-1-4(8(10,11)12)3-15-6(5)2-7(13)14/h1,3H,2H2,(H3,13,14). The second kappa shape index (κ2) is 4.06. The molecule has 1 aromatic rings. The molecule has 0 aromatic carbocycles. The highest BCUT2D eigenvalue weighted by Crippen LogP contribution is 2.30. The summed E-state index contributed by atoms with van der Waals surface area (Å²) in [4.78, 5) is 3.51. The molecule has 3 N–H and O–H groups in total. The molecule has 0 unspecified atom stereocenters. The fourth-order valence-corrected chi connectivity index (χ4v) is 1.16. The molecule has 0 aliphatic rings. The third kappa shape index (κ3) is 3.09. The van der Waals surface area contributed by atoms with Crippen molar-refractivity contribution < 1.29 is 13.2 Å². The Labute approximate surface area is 88.6 Å². The Bertz CT molecular complexity index is 389. The van der Waals surface area contributed by atoms with Crippen LogP contribution in [-0.2, 0) is 12.6 Å². The topological polar surface area (TPSA) is 62.8 Å². The molecule has 82 valence electrons. The lowest BCUT2D eigenvalue weighted by atomic mass is 10.2. The van der Waals surface area contributed by atoms with Crippen molar-refractivity contribution >= 4 is 17.4 Å². The summed E-state index contributed by atoms with van der Waals surface area (Å²) < 4.78 is 36.6. The van der Waals surface area contributed by atoms with E-state index in [1.165, 1.54) is 0 Å². The maximum atomic E-state index is 12.2. The largest absolute Gasteiger partial charge is 0.417 e. The molecule has 0 saturated heterocycles. The fraction of sp³-hybridized carbons (Fsp3) is 0.250. The molecular weight excluding hydrogens is 231 g/mol. The van der Waals surface area contributed by atoms with E-state index in [9.17, 15) is 13.2 Å². The number of hydrogen-bond donors (Lipinski definition) is 2. The number of nitrogens with two attached hydrogens (primary N) is 1. The molecule has 0 radical (unpaired) electrons. The number of nitrogens with one attached hydrogen (secondary N) is 1. The first-order chi connectivity index (χ1) is 6.80. The van der Waals surface area contributed by atoms with Gasteiger partial charge in [-0.2, -0.15) is 13.2 Å². The van der Waals surface area contributed by atoms with Crippen molar-refractivity contribution in [3.05, 3.63) is 28.5 Å². The summed E-state index contributed by atoms with van der Waals surface area (Å²) in [7, 11) is 0. The number of aromatic nitrogens is 1. The Morgan fingerprint density at radius 1 is 1.53 bits per heavy atom. The van der Waals surface area contributed by atoms with Gasteiger partial charge in [-0.1, -0.05) is 11.6 Å². The zero-order valence-electron chi connectivity index (χ0n) is 7.40. The molecule has 0 bridgehead atoms. The number of nitrogens with zero attached hydrogens (tertiary/aromatic N) is 1. The number of alkyl halides is 3. The van der Waals surface area contributed by atoms with E-state index in [4.69, 9.17) is 22.7 Å². The average molecular weight is 238 g/mol. The minimum atomic E-state index is -4.47. The molecule has 0 spiro atoms. The second-order valence-corrected chi connectivity index (χ2v) is 3.26. The minimum absolute atomic E-state index is 0.0586. The van der Waals surface area contributed by atoms with E-state index in [2.05, 4.69) is 4.98 Å². The van der Waals surface area contributed by atoms with Crippen LogP contribution in [0, 0.1) is 5.41 Å². The molecule has 3 nitrogen and oxygen atoms in total. The lowest BCUT2D eigenvalue weighted by Crippen LogP contribution is -2.15. The maximum Gasteiger partial charge on any atom is 0.417 e.